The fourth-order valence-corrected chi connectivity index (χ4v) is 1.98. The molecule has 1 heterocycles. The van der Waals surface area contributed by atoms with Gasteiger partial charge < -0.3 is 20.1 Å². The first-order valence-corrected chi connectivity index (χ1v) is 7.37. The van der Waals surface area contributed by atoms with E-state index in [4.69, 9.17) is 9.47 Å². The number of aromatic nitrogens is 1. The number of hydrogen-bond acceptors (Lipinski definition) is 4. The molecule has 0 spiro atoms. The highest BCUT2D eigenvalue weighted by Crippen LogP contribution is 2.20. The van der Waals surface area contributed by atoms with Gasteiger partial charge >= 0.3 is 0 Å². The lowest BCUT2D eigenvalue weighted by molar-refractivity contribution is 0.0205. The second-order valence-electron chi connectivity index (χ2n) is 6.11. The molecule has 0 fully saturated rings. The Balaban J connectivity index is 0.00000484. The number of hydrogen-bond donors (Lipinski definition) is 2. The van der Waals surface area contributed by atoms with E-state index in [-0.39, 0.29) is 35.5 Å². The minimum atomic E-state index is 0. The molecular weight excluding hydrogens is 407 g/mol. The first-order valence-electron chi connectivity index (χ1n) is 7.37. The van der Waals surface area contributed by atoms with E-state index >= 15 is 0 Å². The minimum absolute atomic E-state index is 0. The van der Waals surface area contributed by atoms with Gasteiger partial charge in [0.1, 0.15) is 0 Å². The lowest BCUT2D eigenvalue weighted by Crippen LogP contribution is -2.45. The molecule has 2 N–H and O–H groups in total. The summed E-state index contributed by atoms with van der Waals surface area (Å²) in [4.78, 5) is 8.40. The van der Waals surface area contributed by atoms with E-state index in [2.05, 4.69) is 41.4 Å². The van der Waals surface area contributed by atoms with Crippen molar-refractivity contribution in [1.82, 2.24) is 15.6 Å². The van der Waals surface area contributed by atoms with Crippen LogP contribution in [0.3, 0.4) is 0 Å². The Kier molecular flexibility index (Phi) is 10.1. The van der Waals surface area contributed by atoms with E-state index < -0.39 is 0 Å². The monoisotopic (exact) mass is 436 g/mol. The lowest BCUT2D eigenvalue weighted by atomic mass is 9.89. The lowest BCUT2D eigenvalue weighted by Gasteiger charge is -2.30. The second kappa shape index (κ2) is 10.6. The predicted molar refractivity (Wildman–Crippen MR) is 105 cm³/mol. The molecule has 0 aromatic carbocycles. The van der Waals surface area contributed by atoms with Crippen LogP contribution < -0.4 is 15.4 Å². The maximum absolute atomic E-state index is 5.53. The number of rotatable bonds is 6. The average molecular weight is 436 g/mol. The van der Waals surface area contributed by atoms with Crippen LogP contribution in [0.1, 0.15) is 26.3 Å². The molecule has 1 rings (SSSR count). The third-order valence-corrected chi connectivity index (χ3v) is 3.40. The smallest absolute Gasteiger partial charge is 0.212 e. The molecule has 0 saturated carbocycles. The van der Waals surface area contributed by atoms with Crippen LogP contribution in [-0.2, 0) is 11.3 Å². The molecule has 7 heteroatoms. The Hall–Kier alpha value is -1.09. The predicted octanol–water partition coefficient (Wildman–Crippen LogP) is 2.43. The molecule has 0 amide bonds. The summed E-state index contributed by atoms with van der Waals surface area (Å²) >= 11 is 0. The first kappa shape index (κ1) is 21.9. The van der Waals surface area contributed by atoms with Crippen molar-refractivity contribution in [2.24, 2.45) is 10.4 Å². The molecule has 1 atom stereocenters. The molecule has 0 saturated heterocycles. The summed E-state index contributed by atoms with van der Waals surface area (Å²) in [6, 6.07) is 3.81. The van der Waals surface area contributed by atoms with Gasteiger partial charge in [0.15, 0.2) is 5.96 Å². The third-order valence-electron chi connectivity index (χ3n) is 3.40. The Morgan fingerprint density at radius 2 is 1.96 bits per heavy atom. The van der Waals surface area contributed by atoms with Gasteiger partial charge in [-0.15, -0.1) is 24.0 Å². The molecule has 0 aliphatic heterocycles. The number of aliphatic imine (C=N–C) groups is 1. The van der Waals surface area contributed by atoms with Crippen LogP contribution in [-0.4, -0.2) is 44.9 Å². The molecule has 1 unspecified atom stereocenters. The van der Waals surface area contributed by atoms with E-state index in [9.17, 15) is 0 Å². The van der Waals surface area contributed by atoms with Crippen LogP contribution in [0.25, 0.3) is 0 Å². The zero-order chi connectivity index (χ0) is 16.6. The van der Waals surface area contributed by atoms with Gasteiger partial charge in [0.2, 0.25) is 5.88 Å². The van der Waals surface area contributed by atoms with Gasteiger partial charge in [-0.2, -0.15) is 0 Å². The maximum Gasteiger partial charge on any atom is 0.212 e. The Morgan fingerprint density at radius 1 is 1.26 bits per heavy atom. The fourth-order valence-electron chi connectivity index (χ4n) is 1.98. The van der Waals surface area contributed by atoms with E-state index in [1.807, 2.05) is 12.1 Å². The van der Waals surface area contributed by atoms with E-state index in [1.54, 1.807) is 27.5 Å². The topological polar surface area (TPSA) is 67.8 Å². The number of nitrogens with one attached hydrogen (secondary N) is 2. The molecule has 0 aliphatic rings. The SMILES string of the molecule is CN=C(NCc1ccc(OC)nc1)NCC(OC)C(C)(C)C.I. The summed E-state index contributed by atoms with van der Waals surface area (Å²) < 4.78 is 10.6. The van der Waals surface area contributed by atoms with E-state index in [0.29, 0.717) is 19.0 Å². The van der Waals surface area contributed by atoms with Crippen molar-refractivity contribution in [2.45, 2.75) is 33.4 Å². The van der Waals surface area contributed by atoms with Crippen LogP contribution >= 0.6 is 24.0 Å². The van der Waals surface area contributed by atoms with Gasteiger partial charge in [0.25, 0.3) is 0 Å². The van der Waals surface area contributed by atoms with Crippen LogP contribution in [0.5, 0.6) is 5.88 Å². The van der Waals surface area contributed by atoms with Crippen molar-refractivity contribution in [3.8, 4) is 5.88 Å². The standard InChI is InChI=1S/C16H28N4O2.HI/c1-16(2,3)13(21-5)11-20-15(17-4)19-10-12-7-8-14(22-6)18-9-12;/h7-9,13H,10-11H2,1-6H3,(H2,17,19,20);1H. The number of guanidine groups is 1. The molecule has 6 nitrogen and oxygen atoms in total. The fraction of sp³-hybridized carbons (Fsp3) is 0.625. The highest BCUT2D eigenvalue weighted by molar-refractivity contribution is 14.0. The Bertz CT molecular complexity index is 472. The van der Waals surface area contributed by atoms with Gasteiger partial charge in [0.05, 0.1) is 13.2 Å². The normalized spacial score (nSPS) is 13.0. The summed E-state index contributed by atoms with van der Waals surface area (Å²) in [5.74, 6) is 1.35. The molecule has 132 valence electrons. The minimum Gasteiger partial charge on any atom is -0.481 e. The van der Waals surface area contributed by atoms with Crippen molar-refractivity contribution in [1.29, 1.82) is 0 Å². The molecule has 1 aromatic heterocycles. The second-order valence-corrected chi connectivity index (χ2v) is 6.11. The Labute approximate surface area is 156 Å². The van der Waals surface area contributed by atoms with Crippen LogP contribution in [0.15, 0.2) is 23.3 Å². The largest absolute Gasteiger partial charge is 0.481 e. The van der Waals surface area contributed by atoms with Crippen LogP contribution in [0.2, 0.25) is 0 Å². The Morgan fingerprint density at radius 3 is 2.39 bits per heavy atom. The van der Waals surface area contributed by atoms with Gasteiger partial charge in [0, 0.05) is 39.5 Å². The van der Waals surface area contributed by atoms with Crippen molar-refractivity contribution in [2.75, 3.05) is 27.8 Å². The van der Waals surface area contributed by atoms with Crippen molar-refractivity contribution < 1.29 is 9.47 Å². The number of pyridine rings is 1. The number of nitrogens with zero attached hydrogens (tertiary/aromatic N) is 2. The van der Waals surface area contributed by atoms with Gasteiger partial charge in [-0.25, -0.2) is 4.98 Å². The number of halogens is 1. The van der Waals surface area contributed by atoms with Gasteiger partial charge in [-0.1, -0.05) is 26.8 Å². The summed E-state index contributed by atoms with van der Waals surface area (Å²) in [7, 11) is 5.09. The summed E-state index contributed by atoms with van der Waals surface area (Å²) in [5.41, 5.74) is 1.13. The van der Waals surface area contributed by atoms with Crippen LogP contribution in [0.4, 0.5) is 0 Å². The number of methoxy groups -OCH3 is 2. The summed E-state index contributed by atoms with van der Waals surface area (Å²) in [6.07, 6.45) is 1.89. The number of ether oxygens (including phenoxy) is 2. The third kappa shape index (κ3) is 7.83. The summed E-state index contributed by atoms with van der Waals surface area (Å²) in [5, 5.41) is 6.55. The van der Waals surface area contributed by atoms with Crippen molar-refractivity contribution in [3.05, 3.63) is 23.9 Å². The van der Waals surface area contributed by atoms with E-state index in [0.717, 1.165) is 11.5 Å². The van der Waals surface area contributed by atoms with E-state index in [1.165, 1.54) is 0 Å². The summed E-state index contributed by atoms with van der Waals surface area (Å²) in [6.45, 7) is 7.80. The maximum atomic E-state index is 5.53. The molecular formula is C16H29IN4O2. The molecule has 0 aliphatic carbocycles. The first-order chi connectivity index (χ1) is 10.4. The van der Waals surface area contributed by atoms with Crippen molar-refractivity contribution >= 4 is 29.9 Å². The molecule has 23 heavy (non-hydrogen) atoms. The highest BCUT2D eigenvalue weighted by Gasteiger charge is 2.24. The van der Waals surface area contributed by atoms with Crippen LogP contribution in [0, 0.1) is 5.41 Å². The quantitative estimate of drug-likeness (QED) is 0.408. The molecule has 0 radical (unpaired) electrons. The zero-order valence-corrected chi connectivity index (χ0v) is 17.2. The average Bonchev–Trinajstić information content (AvgIpc) is 2.50. The zero-order valence-electron chi connectivity index (χ0n) is 14.8. The highest BCUT2D eigenvalue weighted by atomic mass is 127. The van der Waals surface area contributed by atoms with Crippen molar-refractivity contribution in [3.63, 3.8) is 0 Å². The van der Waals surface area contributed by atoms with Gasteiger partial charge in [-0.05, 0) is 11.0 Å². The molecule has 0 bridgehead atoms. The molecule has 1 aromatic rings. The van der Waals surface area contributed by atoms with Gasteiger partial charge in [-0.3, -0.25) is 4.99 Å².